The van der Waals surface area contributed by atoms with Crippen LogP contribution in [-0.4, -0.2) is 26.4 Å². The Morgan fingerprint density at radius 3 is 2.47 bits per heavy atom. The number of likely N-dealkylation sites (N-methyl/N-ethyl adjacent to an activating group) is 1. The largest absolute Gasteiger partial charge is 0.494 e. The fourth-order valence-electron chi connectivity index (χ4n) is 2.60. The first-order chi connectivity index (χ1) is 9.33. The molecule has 0 aromatic heterocycles. The molecule has 3 nitrogen and oxygen atoms in total. The summed E-state index contributed by atoms with van der Waals surface area (Å²) in [6.07, 6.45) is 5.55. The lowest BCUT2D eigenvalue weighted by molar-refractivity contribution is 0.0438. The zero-order valence-corrected chi connectivity index (χ0v) is 12.0. The predicted molar refractivity (Wildman–Crippen MR) is 77.6 cm³/mol. The van der Waals surface area contributed by atoms with Gasteiger partial charge in [-0.15, -0.1) is 0 Å². The van der Waals surface area contributed by atoms with E-state index in [9.17, 15) is 0 Å². The van der Waals surface area contributed by atoms with E-state index in [1.807, 2.05) is 26.1 Å². The summed E-state index contributed by atoms with van der Waals surface area (Å²) in [5.41, 5.74) is 1.25. The highest BCUT2D eigenvalue weighted by Gasteiger charge is 2.18. The van der Waals surface area contributed by atoms with Crippen LogP contribution >= 0.6 is 0 Å². The third kappa shape index (κ3) is 4.22. The van der Waals surface area contributed by atoms with Gasteiger partial charge in [0.25, 0.3) is 0 Å². The molecule has 1 atom stereocenters. The van der Waals surface area contributed by atoms with Crippen molar-refractivity contribution in [2.45, 2.75) is 44.8 Å². The van der Waals surface area contributed by atoms with Crippen LogP contribution in [0.1, 0.15) is 44.2 Å². The quantitative estimate of drug-likeness (QED) is 0.818. The van der Waals surface area contributed by atoms with Crippen molar-refractivity contribution in [1.82, 2.24) is 5.32 Å². The molecule has 1 aliphatic rings. The molecular weight excluding hydrogens is 238 g/mol. The van der Waals surface area contributed by atoms with Crippen LogP contribution < -0.4 is 10.1 Å². The van der Waals surface area contributed by atoms with E-state index in [1.54, 1.807) is 0 Å². The van der Waals surface area contributed by atoms with E-state index in [4.69, 9.17) is 9.47 Å². The zero-order chi connectivity index (χ0) is 13.5. The molecule has 0 saturated heterocycles. The summed E-state index contributed by atoms with van der Waals surface area (Å²) in [5, 5.41) is 3.33. The summed E-state index contributed by atoms with van der Waals surface area (Å²) in [5.74, 6) is 0.929. The van der Waals surface area contributed by atoms with Crippen molar-refractivity contribution >= 4 is 0 Å². The first-order valence-electron chi connectivity index (χ1n) is 7.35. The molecule has 0 bridgehead atoms. The first-order valence-corrected chi connectivity index (χ1v) is 7.35. The Kier molecular flexibility index (Phi) is 5.67. The molecule has 0 heterocycles. The number of benzene rings is 1. The molecule has 1 aromatic carbocycles. The molecule has 19 heavy (non-hydrogen) atoms. The van der Waals surface area contributed by atoms with Gasteiger partial charge in [0.2, 0.25) is 0 Å². The summed E-state index contributed by atoms with van der Waals surface area (Å²) >= 11 is 0. The average Bonchev–Trinajstić information content (AvgIpc) is 2.95. The maximum atomic E-state index is 5.99. The molecule has 1 fully saturated rings. The molecule has 0 amide bonds. The monoisotopic (exact) mass is 263 g/mol. The average molecular weight is 263 g/mol. The third-order valence-corrected chi connectivity index (χ3v) is 3.74. The van der Waals surface area contributed by atoms with E-state index in [2.05, 4.69) is 17.4 Å². The Balaban J connectivity index is 1.88. The van der Waals surface area contributed by atoms with Gasteiger partial charge in [0.05, 0.1) is 25.4 Å². The van der Waals surface area contributed by atoms with Crippen LogP contribution in [0.4, 0.5) is 0 Å². The summed E-state index contributed by atoms with van der Waals surface area (Å²) in [4.78, 5) is 0. The Bertz CT molecular complexity index is 358. The number of hydrogen-bond acceptors (Lipinski definition) is 3. The van der Waals surface area contributed by atoms with Gasteiger partial charge < -0.3 is 14.8 Å². The smallest absolute Gasteiger partial charge is 0.119 e. The molecule has 1 unspecified atom stereocenters. The molecule has 2 rings (SSSR count). The van der Waals surface area contributed by atoms with Crippen LogP contribution in [0.3, 0.4) is 0 Å². The van der Waals surface area contributed by atoms with Crippen molar-refractivity contribution < 1.29 is 9.47 Å². The topological polar surface area (TPSA) is 30.5 Å². The minimum absolute atomic E-state index is 0.260. The Morgan fingerprint density at radius 1 is 1.21 bits per heavy atom. The zero-order valence-electron chi connectivity index (χ0n) is 12.0. The molecule has 1 saturated carbocycles. The lowest BCUT2D eigenvalue weighted by Crippen LogP contribution is -2.24. The minimum atomic E-state index is 0.260. The molecule has 1 aromatic rings. The normalized spacial score (nSPS) is 17.6. The number of hydrogen-bond donors (Lipinski definition) is 1. The van der Waals surface area contributed by atoms with E-state index < -0.39 is 0 Å². The fourth-order valence-corrected chi connectivity index (χ4v) is 2.60. The van der Waals surface area contributed by atoms with Gasteiger partial charge in [-0.1, -0.05) is 25.0 Å². The SMILES string of the molecule is CCOc1ccc(C(COC2CCCC2)NC)cc1. The van der Waals surface area contributed by atoms with E-state index in [-0.39, 0.29) is 6.04 Å². The number of ether oxygens (including phenoxy) is 2. The van der Waals surface area contributed by atoms with Crippen LogP contribution in [0.5, 0.6) is 5.75 Å². The van der Waals surface area contributed by atoms with Crippen molar-refractivity contribution in [3.63, 3.8) is 0 Å². The Hall–Kier alpha value is -1.06. The Morgan fingerprint density at radius 2 is 1.89 bits per heavy atom. The van der Waals surface area contributed by atoms with E-state index in [1.165, 1.54) is 31.2 Å². The van der Waals surface area contributed by atoms with Gasteiger partial charge in [0.1, 0.15) is 5.75 Å². The molecule has 106 valence electrons. The summed E-state index contributed by atoms with van der Waals surface area (Å²) in [6.45, 7) is 3.45. The Labute approximate surface area is 116 Å². The van der Waals surface area contributed by atoms with Gasteiger partial charge >= 0.3 is 0 Å². The van der Waals surface area contributed by atoms with Crippen LogP contribution in [-0.2, 0) is 4.74 Å². The van der Waals surface area contributed by atoms with E-state index >= 15 is 0 Å². The van der Waals surface area contributed by atoms with Gasteiger partial charge in [0.15, 0.2) is 0 Å². The van der Waals surface area contributed by atoms with Crippen LogP contribution in [0.15, 0.2) is 24.3 Å². The highest BCUT2D eigenvalue weighted by molar-refractivity contribution is 5.29. The van der Waals surface area contributed by atoms with Crippen molar-refractivity contribution in [2.24, 2.45) is 0 Å². The van der Waals surface area contributed by atoms with E-state index in [0.29, 0.717) is 12.7 Å². The van der Waals surface area contributed by atoms with E-state index in [0.717, 1.165) is 12.4 Å². The molecule has 0 radical (unpaired) electrons. The fraction of sp³-hybridized carbons (Fsp3) is 0.625. The second-order valence-corrected chi connectivity index (χ2v) is 5.08. The lowest BCUT2D eigenvalue weighted by Gasteiger charge is -2.20. The molecule has 3 heteroatoms. The van der Waals surface area contributed by atoms with Crippen molar-refractivity contribution in [1.29, 1.82) is 0 Å². The highest BCUT2D eigenvalue weighted by atomic mass is 16.5. The van der Waals surface area contributed by atoms with Gasteiger partial charge in [-0.2, -0.15) is 0 Å². The third-order valence-electron chi connectivity index (χ3n) is 3.74. The van der Waals surface area contributed by atoms with Crippen molar-refractivity contribution in [3.8, 4) is 5.75 Å². The van der Waals surface area contributed by atoms with Crippen LogP contribution in [0, 0.1) is 0 Å². The first kappa shape index (κ1) is 14.4. The maximum absolute atomic E-state index is 5.99. The lowest BCUT2D eigenvalue weighted by atomic mass is 10.1. The highest BCUT2D eigenvalue weighted by Crippen LogP contribution is 2.23. The maximum Gasteiger partial charge on any atom is 0.119 e. The van der Waals surface area contributed by atoms with Crippen LogP contribution in [0.25, 0.3) is 0 Å². The molecule has 1 N–H and O–H groups in total. The summed E-state index contributed by atoms with van der Waals surface area (Å²) < 4.78 is 11.5. The van der Waals surface area contributed by atoms with Gasteiger partial charge in [-0.25, -0.2) is 0 Å². The molecule has 0 spiro atoms. The standard InChI is InChI=1S/C16H25NO2/c1-3-18-15-10-8-13(9-11-15)16(17-2)12-19-14-6-4-5-7-14/h8-11,14,16-17H,3-7,12H2,1-2H3. The van der Waals surface area contributed by atoms with Gasteiger partial charge in [0, 0.05) is 0 Å². The summed E-state index contributed by atoms with van der Waals surface area (Å²) in [7, 11) is 1.99. The minimum Gasteiger partial charge on any atom is -0.494 e. The number of rotatable bonds is 7. The molecule has 1 aliphatic carbocycles. The predicted octanol–water partition coefficient (Wildman–Crippen LogP) is 3.31. The molecular formula is C16H25NO2. The van der Waals surface area contributed by atoms with Gasteiger partial charge in [-0.3, -0.25) is 0 Å². The van der Waals surface area contributed by atoms with Crippen molar-refractivity contribution in [2.75, 3.05) is 20.3 Å². The van der Waals surface area contributed by atoms with Gasteiger partial charge in [-0.05, 0) is 44.5 Å². The van der Waals surface area contributed by atoms with Crippen LogP contribution in [0.2, 0.25) is 0 Å². The second kappa shape index (κ2) is 7.51. The second-order valence-electron chi connectivity index (χ2n) is 5.08. The molecule has 0 aliphatic heterocycles. The summed E-state index contributed by atoms with van der Waals surface area (Å²) in [6, 6.07) is 8.54. The van der Waals surface area contributed by atoms with Crippen molar-refractivity contribution in [3.05, 3.63) is 29.8 Å². The number of nitrogens with one attached hydrogen (secondary N) is 1.